The summed E-state index contributed by atoms with van der Waals surface area (Å²) >= 11 is 0. The van der Waals surface area contributed by atoms with Gasteiger partial charge < -0.3 is 10.5 Å². The molecule has 0 aromatic carbocycles. The standard InChI is InChI=1S/C12H14N4O/c1-8(13)11-12(15-6-5-14-11)10-4-3-9(17-2)7-16-10/h3-8H,13H2,1-2H3. The van der Waals surface area contributed by atoms with Gasteiger partial charge in [0, 0.05) is 18.4 Å². The Morgan fingerprint density at radius 3 is 2.53 bits per heavy atom. The summed E-state index contributed by atoms with van der Waals surface area (Å²) in [4.78, 5) is 12.8. The Morgan fingerprint density at radius 2 is 1.94 bits per heavy atom. The molecular formula is C12H14N4O. The molecule has 1 unspecified atom stereocenters. The van der Waals surface area contributed by atoms with E-state index in [2.05, 4.69) is 15.0 Å². The molecule has 88 valence electrons. The Bertz CT molecular complexity index is 496. The van der Waals surface area contributed by atoms with Crippen LogP contribution in [-0.2, 0) is 0 Å². The quantitative estimate of drug-likeness (QED) is 0.866. The van der Waals surface area contributed by atoms with Crippen LogP contribution in [0.25, 0.3) is 11.4 Å². The molecule has 2 heterocycles. The van der Waals surface area contributed by atoms with Crippen LogP contribution in [0.4, 0.5) is 0 Å². The zero-order valence-corrected chi connectivity index (χ0v) is 9.79. The van der Waals surface area contributed by atoms with Gasteiger partial charge in [-0.2, -0.15) is 0 Å². The predicted molar refractivity (Wildman–Crippen MR) is 64.4 cm³/mol. The number of nitrogens with zero attached hydrogens (tertiary/aromatic N) is 3. The average molecular weight is 230 g/mol. The maximum atomic E-state index is 5.85. The predicted octanol–water partition coefficient (Wildman–Crippen LogP) is 1.57. The molecule has 0 aliphatic rings. The molecule has 0 amide bonds. The summed E-state index contributed by atoms with van der Waals surface area (Å²) in [5.41, 5.74) is 8.05. The van der Waals surface area contributed by atoms with Gasteiger partial charge in [-0.15, -0.1) is 0 Å². The number of methoxy groups -OCH3 is 1. The van der Waals surface area contributed by atoms with Crippen LogP contribution in [0, 0.1) is 0 Å². The summed E-state index contributed by atoms with van der Waals surface area (Å²) in [6, 6.07) is 3.50. The minimum absolute atomic E-state index is 0.178. The molecule has 0 saturated heterocycles. The number of nitrogens with two attached hydrogens (primary N) is 1. The van der Waals surface area contributed by atoms with Crippen LogP contribution in [-0.4, -0.2) is 22.1 Å². The molecule has 0 aliphatic carbocycles. The first-order valence-electron chi connectivity index (χ1n) is 5.29. The first-order valence-corrected chi connectivity index (χ1v) is 5.29. The van der Waals surface area contributed by atoms with Gasteiger partial charge in [0.25, 0.3) is 0 Å². The van der Waals surface area contributed by atoms with Crippen LogP contribution < -0.4 is 10.5 Å². The van der Waals surface area contributed by atoms with E-state index >= 15 is 0 Å². The monoisotopic (exact) mass is 230 g/mol. The van der Waals surface area contributed by atoms with Crippen molar-refractivity contribution < 1.29 is 4.74 Å². The zero-order chi connectivity index (χ0) is 12.3. The Kier molecular flexibility index (Phi) is 3.30. The van der Waals surface area contributed by atoms with Crippen molar-refractivity contribution in [2.75, 3.05) is 7.11 Å². The maximum absolute atomic E-state index is 5.85. The minimum atomic E-state index is -0.178. The maximum Gasteiger partial charge on any atom is 0.137 e. The number of aromatic nitrogens is 3. The van der Waals surface area contributed by atoms with Crippen LogP contribution >= 0.6 is 0 Å². The Balaban J connectivity index is 2.45. The third-order valence-corrected chi connectivity index (χ3v) is 2.37. The van der Waals surface area contributed by atoms with Gasteiger partial charge in [0.2, 0.25) is 0 Å². The van der Waals surface area contributed by atoms with Gasteiger partial charge in [-0.1, -0.05) is 0 Å². The van der Waals surface area contributed by atoms with Crippen LogP contribution in [0.5, 0.6) is 5.75 Å². The minimum Gasteiger partial charge on any atom is -0.495 e. The fraction of sp³-hybridized carbons (Fsp3) is 0.250. The van der Waals surface area contributed by atoms with Crippen LogP contribution in [0.15, 0.2) is 30.7 Å². The lowest BCUT2D eigenvalue weighted by molar-refractivity contribution is 0.413. The Morgan fingerprint density at radius 1 is 1.18 bits per heavy atom. The fourth-order valence-corrected chi connectivity index (χ4v) is 1.52. The lowest BCUT2D eigenvalue weighted by Gasteiger charge is -2.09. The lowest BCUT2D eigenvalue weighted by Crippen LogP contribution is -2.10. The summed E-state index contributed by atoms with van der Waals surface area (Å²) < 4.78 is 5.06. The molecule has 2 aromatic rings. The van der Waals surface area contributed by atoms with Crippen molar-refractivity contribution in [2.24, 2.45) is 5.73 Å². The molecule has 5 nitrogen and oxygen atoms in total. The van der Waals surface area contributed by atoms with E-state index in [9.17, 15) is 0 Å². The van der Waals surface area contributed by atoms with E-state index in [4.69, 9.17) is 10.5 Å². The summed E-state index contributed by atoms with van der Waals surface area (Å²) in [6.07, 6.45) is 4.91. The van der Waals surface area contributed by atoms with Gasteiger partial charge >= 0.3 is 0 Å². The second-order valence-corrected chi connectivity index (χ2v) is 3.66. The van der Waals surface area contributed by atoms with Gasteiger partial charge in [-0.05, 0) is 19.1 Å². The zero-order valence-electron chi connectivity index (χ0n) is 9.79. The van der Waals surface area contributed by atoms with Gasteiger partial charge in [-0.3, -0.25) is 15.0 Å². The largest absolute Gasteiger partial charge is 0.495 e. The molecule has 1 atom stereocenters. The van der Waals surface area contributed by atoms with E-state index in [1.807, 2.05) is 19.1 Å². The molecule has 5 heteroatoms. The van der Waals surface area contributed by atoms with Gasteiger partial charge in [0.15, 0.2) is 0 Å². The Hall–Kier alpha value is -2.01. The highest BCUT2D eigenvalue weighted by atomic mass is 16.5. The van der Waals surface area contributed by atoms with Crippen molar-refractivity contribution in [2.45, 2.75) is 13.0 Å². The van der Waals surface area contributed by atoms with E-state index in [1.54, 1.807) is 25.7 Å². The molecular weight excluding hydrogens is 216 g/mol. The molecule has 0 spiro atoms. The number of ether oxygens (including phenoxy) is 1. The second kappa shape index (κ2) is 4.88. The molecule has 0 fully saturated rings. The van der Waals surface area contributed by atoms with E-state index in [0.717, 1.165) is 11.4 Å². The summed E-state index contributed by atoms with van der Waals surface area (Å²) in [7, 11) is 1.60. The molecule has 2 rings (SSSR count). The molecule has 0 bridgehead atoms. The first-order chi connectivity index (χ1) is 8.22. The van der Waals surface area contributed by atoms with Crippen LogP contribution in [0.2, 0.25) is 0 Å². The van der Waals surface area contributed by atoms with Gasteiger partial charge in [0.05, 0.1) is 24.7 Å². The first kappa shape index (κ1) is 11.5. The molecule has 0 aliphatic heterocycles. The summed E-state index contributed by atoms with van der Waals surface area (Å²) in [5, 5.41) is 0. The topological polar surface area (TPSA) is 73.9 Å². The van der Waals surface area contributed by atoms with Crippen molar-refractivity contribution in [3.63, 3.8) is 0 Å². The highest BCUT2D eigenvalue weighted by molar-refractivity contribution is 5.57. The van der Waals surface area contributed by atoms with Crippen molar-refractivity contribution in [3.05, 3.63) is 36.4 Å². The van der Waals surface area contributed by atoms with Crippen molar-refractivity contribution in [1.82, 2.24) is 15.0 Å². The van der Waals surface area contributed by atoms with E-state index in [1.165, 1.54) is 0 Å². The highest BCUT2D eigenvalue weighted by Gasteiger charge is 2.12. The number of pyridine rings is 1. The van der Waals surface area contributed by atoms with E-state index in [0.29, 0.717) is 11.4 Å². The summed E-state index contributed by atoms with van der Waals surface area (Å²) in [5.74, 6) is 0.708. The van der Waals surface area contributed by atoms with Gasteiger partial charge in [-0.25, -0.2) is 0 Å². The van der Waals surface area contributed by atoms with Crippen molar-refractivity contribution in [1.29, 1.82) is 0 Å². The third-order valence-electron chi connectivity index (χ3n) is 2.37. The summed E-state index contributed by atoms with van der Waals surface area (Å²) in [6.45, 7) is 1.87. The lowest BCUT2D eigenvalue weighted by atomic mass is 10.1. The number of hydrogen-bond donors (Lipinski definition) is 1. The number of hydrogen-bond acceptors (Lipinski definition) is 5. The highest BCUT2D eigenvalue weighted by Crippen LogP contribution is 2.22. The SMILES string of the molecule is COc1ccc(-c2nccnc2C(C)N)nc1. The normalized spacial score (nSPS) is 12.2. The molecule has 17 heavy (non-hydrogen) atoms. The number of rotatable bonds is 3. The van der Waals surface area contributed by atoms with E-state index < -0.39 is 0 Å². The molecule has 0 saturated carbocycles. The van der Waals surface area contributed by atoms with Gasteiger partial charge in [0.1, 0.15) is 11.4 Å². The van der Waals surface area contributed by atoms with Crippen LogP contribution in [0.3, 0.4) is 0 Å². The van der Waals surface area contributed by atoms with E-state index in [-0.39, 0.29) is 6.04 Å². The smallest absolute Gasteiger partial charge is 0.137 e. The molecule has 2 N–H and O–H groups in total. The average Bonchev–Trinajstić information content (AvgIpc) is 2.39. The van der Waals surface area contributed by atoms with Crippen LogP contribution in [0.1, 0.15) is 18.7 Å². The molecule has 0 radical (unpaired) electrons. The van der Waals surface area contributed by atoms with Crippen molar-refractivity contribution in [3.8, 4) is 17.1 Å². The third kappa shape index (κ3) is 2.39. The van der Waals surface area contributed by atoms with Crippen molar-refractivity contribution >= 4 is 0 Å². The fourth-order valence-electron chi connectivity index (χ4n) is 1.52. The Labute approximate surface area is 99.7 Å². The molecule has 2 aromatic heterocycles. The second-order valence-electron chi connectivity index (χ2n) is 3.66.